The Bertz CT molecular complexity index is 220. The Morgan fingerprint density at radius 3 is 2.73 bits per heavy atom. The first-order chi connectivity index (χ1) is 7.04. The molecule has 0 aliphatic carbocycles. The fourth-order valence-corrected chi connectivity index (χ4v) is 2.27. The summed E-state index contributed by atoms with van der Waals surface area (Å²) in [4.78, 5) is 13.3. The molecule has 0 spiro atoms. The first-order valence-electron chi connectivity index (χ1n) is 5.76. The van der Waals surface area contributed by atoms with Crippen LogP contribution in [0.25, 0.3) is 0 Å². The summed E-state index contributed by atoms with van der Waals surface area (Å²) >= 11 is 0. The van der Waals surface area contributed by atoms with Crippen molar-refractivity contribution in [3.63, 3.8) is 0 Å². The van der Waals surface area contributed by atoms with E-state index in [1.807, 2.05) is 6.92 Å². The Morgan fingerprint density at radius 1 is 1.60 bits per heavy atom. The lowest BCUT2D eigenvalue weighted by atomic mass is 9.86. The minimum Gasteiger partial charge on any atom is -0.369 e. The van der Waals surface area contributed by atoms with Crippen molar-refractivity contribution in [3.05, 3.63) is 0 Å². The molecule has 1 aliphatic rings. The predicted molar refractivity (Wildman–Crippen MR) is 61.1 cm³/mol. The molecule has 1 rings (SSSR count). The van der Waals surface area contributed by atoms with Gasteiger partial charge in [0.15, 0.2) is 0 Å². The van der Waals surface area contributed by atoms with Crippen LogP contribution in [-0.4, -0.2) is 37.0 Å². The highest BCUT2D eigenvalue weighted by Crippen LogP contribution is 2.22. The van der Waals surface area contributed by atoms with Crippen LogP contribution in [0.3, 0.4) is 0 Å². The molecule has 1 fully saturated rings. The molecule has 0 aromatic rings. The number of nitrogens with two attached hydrogens (primary N) is 2. The van der Waals surface area contributed by atoms with Gasteiger partial charge in [0.05, 0.1) is 0 Å². The molecule has 15 heavy (non-hydrogen) atoms. The largest absolute Gasteiger partial charge is 0.369 e. The number of hydrogen-bond acceptors (Lipinski definition) is 3. The second-order valence-corrected chi connectivity index (χ2v) is 4.82. The molecular formula is C11H23N3O. The SMILES string of the molecule is CC(CN1CCC(CN)C(C)C1)C(N)=O. The molecule has 3 atom stereocenters. The smallest absolute Gasteiger partial charge is 0.221 e. The molecule has 4 heteroatoms. The third kappa shape index (κ3) is 3.47. The zero-order valence-corrected chi connectivity index (χ0v) is 9.78. The molecule has 1 amide bonds. The molecule has 0 radical (unpaired) electrons. The first kappa shape index (κ1) is 12.5. The van der Waals surface area contributed by atoms with Crippen LogP contribution in [0, 0.1) is 17.8 Å². The van der Waals surface area contributed by atoms with Crippen molar-refractivity contribution < 1.29 is 4.79 Å². The zero-order valence-electron chi connectivity index (χ0n) is 9.78. The number of likely N-dealkylation sites (tertiary alicyclic amines) is 1. The number of carbonyl (C=O) groups excluding carboxylic acids is 1. The van der Waals surface area contributed by atoms with Gasteiger partial charge in [-0.05, 0) is 31.3 Å². The molecular weight excluding hydrogens is 190 g/mol. The topological polar surface area (TPSA) is 72.3 Å². The van der Waals surface area contributed by atoms with E-state index in [2.05, 4.69) is 11.8 Å². The maximum Gasteiger partial charge on any atom is 0.221 e. The minimum absolute atomic E-state index is 0.0494. The van der Waals surface area contributed by atoms with E-state index in [9.17, 15) is 4.79 Å². The fraction of sp³-hybridized carbons (Fsp3) is 0.909. The molecule has 88 valence electrons. The lowest BCUT2D eigenvalue weighted by molar-refractivity contribution is -0.122. The van der Waals surface area contributed by atoms with E-state index in [1.165, 1.54) is 0 Å². The van der Waals surface area contributed by atoms with Crippen LogP contribution in [0.1, 0.15) is 20.3 Å². The zero-order chi connectivity index (χ0) is 11.4. The van der Waals surface area contributed by atoms with Crippen molar-refractivity contribution in [2.24, 2.45) is 29.2 Å². The van der Waals surface area contributed by atoms with E-state index in [0.717, 1.165) is 32.6 Å². The van der Waals surface area contributed by atoms with Crippen molar-refractivity contribution >= 4 is 5.91 Å². The third-order valence-corrected chi connectivity index (χ3v) is 3.49. The summed E-state index contributed by atoms with van der Waals surface area (Å²) in [5, 5.41) is 0. The van der Waals surface area contributed by atoms with E-state index >= 15 is 0 Å². The summed E-state index contributed by atoms with van der Waals surface area (Å²) in [6.45, 7) is 7.78. The molecule has 1 heterocycles. The minimum atomic E-state index is -0.205. The molecule has 4 N–H and O–H groups in total. The van der Waals surface area contributed by atoms with Crippen LogP contribution < -0.4 is 11.5 Å². The van der Waals surface area contributed by atoms with E-state index < -0.39 is 0 Å². The first-order valence-corrected chi connectivity index (χ1v) is 5.76. The molecule has 1 saturated heterocycles. The number of hydrogen-bond donors (Lipinski definition) is 2. The van der Waals surface area contributed by atoms with Gasteiger partial charge in [0.2, 0.25) is 5.91 Å². The van der Waals surface area contributed by atoms with Gasteiger partial charge in [0, 0.05) is 19.0 Å². The lowest BCUT2D eigenvalue weighted by Crippen LogP contribution is -2.44. The Labute approximate surface area is 92.0 Å². The van der Waals surface area contributed by atoms with Gasteiger partial charge in [-0.25, -0.2) is 0 Å². The predicted octanol–water partition coefficient (Wildman–Crippen LogP) is 0.0245. The average Bonchev–Trinajstić information content (AvgIpc) is 2.18. The van der Waals surface area contributed by atoms with Crippen LogP contribution in [0.5, 0.6) is 0 Å². The van der Waals surface area contributed by atoms with Gasteiger partial charge in [0.25, 0.3) is 0 Å². The summed E-state index contributed by atoms with van der Waals surface area (Å²) in [7, 11) is 0. The second kappa shape index (κ2) is 5.47. The number of carbonyl (C=O) groups is 1. The average molecular weight is 213 g/mol. The van der Waals surface area contributed by atoms with Crippen LogP contribution in [0.4, 0.5) is 0 Å². The molecule has 0 bridgehead atoms. The summed E-state index contributed by atoms with van der Waals surface area (Å²) < 4.78 is 0. The number of nitrogens with zero attached hydrogens (tertiary/aromatic N) is 1. The summed E-state index contributed by atoms with van der Waals surface area (Å²) in [5.41, 5.74) is 11.0. The molecule has 0 saturated carbocycles. The van der Waals surface area contributed by atoms with Gasteiger partial charge in [-0.2, -0.15) is 0 Å². The van der Waals surface area contributed by atoms with Crippen LogP contribution in [0.15, 0.2) is 0 Å². The standard InChI is InChI=1S/C11H23N3O/c1-8-6-14(4-3-10(8)5-12)7-9(2)11(13)15/h8-10H,3-7,12H2,1-2H3,(H2,13,15). The Morgan fingerprint density at radius 2 is 2.27 bits per heavy atom. The van der Waals surface area contributed by atoms with E-state index in [4.69, 9.17) is 11.5 Å². The second-order valence-electron chi connectivity index (χ2n) is 4.82. The summed E-state index contributed by atoms with van der Waals surface area (Å²) in [6.07, 6.45) is 1.14. The summed E-state index contributed by atoms with van der Waals surface area (Å²) in [5.74, 6) is 1.02. The Kier molecular flexibility index (Phi) is 4.54. The summed E-state index contributed by atoms with van der Waals surface area (Å²) in [6, 6.07) is 0. The van der Waals surface area contributed by atoms with E-state index in [1.54, 1.807) is 0 Å². The van der Waals surface area contributed by atoms with E-state index in [-0.39, 0.29) is 11.8 Å². The normalized spacial score (nSPS) is 30.1. The molecule has 0 aromatic heterocycles. The molecule has 0 aromatic carbocycles. The maximum atomic E-state index is 11.0. The maximum absolute atomic E-state index is 11.0. The van der Waals surface area contributed by atoms with Gasteiger partial charge in [-0.15, -0.1) is 0 Å². The van der Waals surface area contributed by atoms with Crippen LogP contribution in [-0.2, 0) is 4.79 Å². The van der Waals surface area contributed by atoms with Gasteiger partial charge >= 0.3 is 0 Å². The Hall–Kier alpha value is -0.610. The van der Waals surface area contributed by atoms with Gasteiger partial charge in [0.1, 0.15) is 0 Å². The highest BCUT2D eigenvalue weighted by atomic mass is 16.1. The monoisotopic (exact) mass is 213 g/mol. The number of rotatable bonds is 4. The van der Waals surface area contributed by atoms with Crippen molar-refractivity contribution in [2.45, 2.75) is 20.3 Å². The number of piperidine rings is 1. The van der Waals surface area contributed by atoms with Gasteiger partial charge < -0.3 is 16.4 Å². The quantitative estimate of drug-likeness (QED) is 0.692. The van der Waals surface area contributed by atoms with E-state index in [0.29, 0.717) is 11.8 Å². The van der Waals surface area contributed by atoms with Crippen molar-refractivity contribution in [3.8, 4) is 0 Å². The highest BCUT2D eigenvalue weighted by molar-refractivity contribution is 5.76. The lowest BCUT2D eigenvalue weighted by Gasteiger charge is -2.37. The molecule has 4 nitrogen and oxygen atoms in total. The molecule has 1 aliphatic heterocycles. The van der Waals surface area contributed by atoms with Crippen molar-refractivity contribution in [1.29, 1.82) is 0 Å². The van der Waals surface area contributed by atoms with Gasteiger partial charge in [-0.1, -0.05) is 13.8 Å². The van der Waals surface area contributed by atoms with Gasteiger partial charge in [-0.3, -0.25) is 4.79 Å². The van der Waals surface area contributed by atoms with Crippen LogP contribution in [0.2, 0.25) is 0 Å². The van der Waals surface area contributed by atoms with Crippen LogP contribution >= 0.6 is 0 Å². The Balaban J connectivity index is 2.37. The molecule has 3 unspecified atom stereocenters. The van der Waals surface area contributed by atoms with Crippen molar-refractivity contribution in [1.82, 2.24) is 4.90 Å². The number of primary amides is 1. The van der Waals surface area contributed by atoms with Crippen molar-refractivity contribution in [2.75, 3.05) is 26.2 Å². The third-order valence-electron chi connectivity index (χ3n) is 3.49. The highest BCUT2D eigenvalue weighted by Gasteiger charge is 2.26. The fourth-order valence-electron chi connectivity index (χ4n) is 2.27. The number of amides is 1.